The second kappa shape index (κ2) is 4.29. The molecule has 3 aromatic rings. The Morgan fingerprint density at radius 1 is 1.53 bits per heavy atom. The molecule has 0 aliphatic heterocycles. The summed E-state index contributed by atoms with van der Waals surface area (Å²) in [5, 5.41) is 7.86. The molecule has 100 valence electrons. The summed E-state index contributed by atoms with van der Waals surface area (Å²) in [5.74, 6) is 0.380. The molecule has 9 nitrogen and oxygen atoms in total. The summed E-state index contributed by atoms with van der Waals surface area (Å²) < 4.78 is 28.2. The number of aromatic amines is 1. The van der Waals surface area contributed by atoms with Crippen LogP contribution in [0.25, 0.3) is 4.96 Å². The molecule has 0 unspecified atom stereocenters. The monoisotopic (exact) mass is 299 g/mol. The Morgan fingerprint density at radius 2 is 2.37 bits per heavy atom. The predicted octanol–water partition coefficient (Wildman–Crippen LogP) is -0.425. The summed E-state index contributed by atoms with van der Waals surface area (Å²) in [5.41, 5.74) is 5.65. The van der Waals surface area contributed by atoms with E-state index in [9.17, 15) is 8.42 Å². The fourth-order valence-electron chi connectivity index (χ4n) is 1.60. The van der Waals surface area contributed by atoms with Crippen LogP contribution >= 0.6 is 11.3 Å². The van der Waals surface area contributed by atoms with E-state index < -0.39 is 10.0 Å². The van der Waals surface area contributed by atoms with Crippen molar-refractivity contribution in [3.05, 3.63) is 23.7 Å². The van der Waals surface area contributed by atoms with E-state index in [2.05, 4.69) is 24.9 Å². The number of sulfonamides is 1. The van der Waals surface area contributed by atoms with E-state index >= 15 is 0 Å². The molecule has 0 bridgehead atoms. The zero-order valence-corrected chi connectivity index (χ0v) is 11.1. The van der Waals surface area contributed by atoms with Crippen molar-refractivity contribution < 1.29 is 8.42 Å². The van der Waals surface area contributed by atoms with E-state index in [0.29, 0.717) is 10.8 Å². The van der Waals surface area contributed by atoms with Gasteiger partial charge in [0.25, 0.3) is 10.0 Å². The van der Waals surface area contributed by atoms with Gasteiger partial charge in [0, 0.05) is 11.6 Å². The largest absolute Gasteiger partial charge is 0.381 e. The number of nitrogens with one attached hydrogen (secondary N) is 2. The molecule has 0 saturated carbocycles. The van der Waals surface area contributed by atoms with Crippen molar-refractivity contribution in [2.45, 2.75) is 11.6 Å². The van der Waals surface area contributed by atoms with Gasteiger partial charge in [-0.25, -0.2) is 23.1 Å². The van der Waals surface area contributed by atoms with Crippen LogP contribution in [0.15, 0.2) is 22.9 Å². The van der Waals surface area contributed by atoms with E-state index in [1.165, 1.54) is 22.1 Å². The van der Waals surface area contributed by atoms with E-state index in [4.69, 9.17) is 5.73 Å². The van der Waals surface area contributed by atoms with Crippen LogP contribution in [-0.2, 0) is 16.6 Å². The predicted molar refractivity (Wildman–Crippen MR) is 67.9 cm³/mol. The van der Waals surface area contributed by atoms with Crippen LogP contribution in [-0.4, -0.2) is 33.0 Å². The van der Waals surface area contributed by atoms with Crippen LogP contribution in [0.2, 0.25) is 0 Å². The molecule has 0 aromatic carbocycles. The van der Waals surface area contributed by atoms with Gasteiger partial charge in [-0.15, -0.1) is 11.3 Å². The van der Waals surface area contributed by atoms with Crippen LogP contribution in [0.3, 0.4) is 0 Å². The first-order valence-corrected chi connectivity index (χ1v) is 7.49. The molecule has 3 heterocycles. The molecule has 0 aliphatic carbocycles. The third-order valence-corrected chi connectivity index (χ3v) is 4.59. The van der Waals surface area contributed by atoms with Gasteiger partial charge in [-0.1, -0.05) is 0 Å². The SMILES string of the molecule is Nc1nc2sccn2c1S(=O)(=O)NCc1ncn[nH]1. The standard InChI is InChI=1S/C8H9N7O2S2/c9-6-7(15-1-2-18-8(15)13-6)19(16,17)12-3-5-10-4-11-14-5/h1-2,4,12H,3,9H2,(H,10,11,14). The fraction of sp³-hybridized carbons (Fsp3) is 0.125. The molecule has 0 saturated heterocycles. The minimum atomic E-state index is -3.78. The second-order valence-corrected chi connectivity index (χ2v) is 6.17. The minimum absolute atomic E-state index is 0.000849. The molecule has 11 heteroatoms. The van der Waals surface area contributed by atoms with Crippen LogP contribution in [0.4, 0.5) is 5.82 Å². The Hall–Kier alpha value is -1.98. The normalized spacial score (nSPS) is 12.2. The van der Waals surface area contributed by atoms with Crippen LogP contribution in [0.5, 0.6) is 0 Å². The van der Waals surface area contributed by atoms with Gasteiger partial charge in [-0.2, -0.15) is 5.10 Å². The van der Waals surface area contributed by atoms with Gasteiger partial charge in [-0.3, -0.25) is 9.50 Å². The number of anilines is 1. The van der Waals surface area contributed by atoms with Gasteiger partial charge >= 0.3 is 0 Å². The molecular weight excluding hydrogens is 290 g/mol. The zero-order valence-electron chi connectivity index (χ0n) is 9.44. The first-order valence-electron chi connectivity index (χ1n) is 5.13. The van der Waals surface area contributed by atoms with E-state index in [0.717, 1.165) is 0 Å². The van der Waals surface area contributed by atoms with Crippen LogP contribution in [0, 0.1) is 0 Å². The number of thiazole rings is 1. The zero-order chi connectivity index (χ0) is 13.5. The molecule has 0 amide bonds. The maximum atomic E-state index is 12.2. The number of nitrogen functional groups attached to an aromatic ring is 1. The summed E-state index contributed by atoms with van der Waals surface area (Å²) in [6.45, 7) is -0.000849. The van der Waals surface area contributed by atoms with Crippen molar-refractivity contribution in [2.75, 3.05) is 5.73 Å². The lowest BCUT2D eigenvalue weighted by Crippen LogP contribution is -2.25. The topological polar surface area (TPSA) is 131 Å². The number of H-pyrrole nitrogens is 1. The summed E-state index contributed by atoms with van der Waals surface area (Å²) >= 11 is 1.31. The molecule has 0 spiro atoms. The maximum Gasteiger partial charge on any atom is 0.260 e. The van der Waals surface area contributed by atoms with Crippen molar-refractivity contribution >= 4 is 32.1 Å². The van der Waals surface area contributed by atoms with Crippen molar-refractivity contribution in [1.29, 1.82) is 0 Å². The Bertz CT molecular complexity index is 802. The number of rotatable bonds is 4. The summed E-state index contributed by atoms with van der Waals surface area (Å²) in [6, 6.07) is 0. The molecule has 0 radical (unpaired) electrons. The number of fused-ring (bicyclic) bond motifs is 1. The number of aromatic nitrogens is 5. The minimum Gasteiger partial charge on any atom is -0.381 e. The highest BCUT2D eigenvalue weighted by molar-refractivity contribution is 7.89. The lowest BCUT2D eigenvalue weighted by molar-refractivity contribution is 0.575. The van der Waals surface area contributed by atoms with Crippen molar-refractivity contribution in [3.63, 3.8) is 0 Å². The van der Waals surface area contributed by atoms with Crippen molar-refractivity contribution in [1.82, 2.24) is 29.3 Å². The maximum absolute atomic E-state index is 12.2. The van der Waals surface area contributed by atoms with Gasteiger partial charge in [0.1, 0.15) is 12.2 Å². The number of hydrogen-bond acceptors (Lipinski definition) is 7. The molecule has 0 atom stereocenters. The van der Waals surface area contributed by atoms with Gasteiger partial charge in [0.2, 0.25) is 0 Å². The molecule has 3 rings (SSSR count). The van der Waals surface area contributed by atoms with E-state index in [-0.39, 0.29) is 17.4 Å². The third kappa shape index (κ3) is 2.07. The summed E-state index contributed by atoms with van der Waals surface area (Å²) in [4.78, 5) is 8.34. The number of nitrogens with zero attached hydrogens (tertiary/aromatic N) is 4. The number of imidazole rings is 1. The number of nitrogens with two attached hydrogens (primary N) is 1. The summed E-state index contributed by atoms with van der Waals surface area (Å²) in [7, 11) is -3.78. The second-order valence-electron chi connectivity index (χ2n) is 3.61. The van der Waals surface area contributed by atoms with Crippen LogP contribution < -0.4 is 10.5 Å². The lowest BCUT2D eigenvalue weighted by atomic mass is 10.6. The highest BCUT2D eigenvalue weighted by Gasteiger charge is 2.24. The van der Waals surface area contributed by atoms with Gasteiger partial charge in [0.15, 0.2) is 15.8 Å². The highest BCUT2D eigenvalue weighted by atomic mass is 32.2. The Morgan fingerprint density at radius 3 is 3.11 bits per heavy atom. The molecule has 19 heavy (non-hydrogen) atoms. The highest BCUT2D eigenvalue weighted by Crippen LogP contribution is 2.23. The Balaban J connectivity index is 1.95. The van der Waals surface area contributed by atoms with E-state index in [1.54, 1.807) is 11.6 Å². The fourth-order valence-corrected chi connectivity index (χ4v) is 3.57. The quantitative estimate of drug-likeness (QED) is 0.599. The third-order valence-electron chi connectivity index (χ3n) is 2.39. The molecular formula is C8H9N7O2S2. The summed E-state index contributed by atoms with van der Waals surface area (Å²) in [6.07, 6.45) is 2.90. The first-order chi connectivity index (χ1) is 9.08. The van der Waals surface area contributed by atoms with E-state index in [1.807, 2.05) is 0 Å². The first kappa shape index (κ1) is 12.1. The van der Waals surface area contributed by atoms with Gasteiger partial charge in [0.05, 0.1) is 6.54 Å². The molecule has 0 fully saturated rings. The van der Waals surface area contributed by atoms with Gasteiger partial charge < -0.3 is 5.73 Å². The smallest absolute Gasteiger partial charge is 0.260 e. The Kier molecular flexibility index (Phi) is 2.73. The number of hydrogen-bond donors (Lipinski definition) is 3. The van der Waals surface area contributed by atoms with Gasteiger partial charge in [-0.05, 0) is 0 Å². The average molecular weight is 299 g/mol. The van der Waals surface area contributed by atoms with Crippen LogP contribution in [0.1, 0.15) is 5.82 Å². The molecule has 0 aliphatic rings. The van der Waals surface area contributed by atoms with Crippen molar-refractivity contribution in [2.24, 2.45) is 0 Å². The molecule has 3 aromatic heterocycles. The Labute approximate surface area is 111 Å². The average Bonchev–Trinajstić information content (AvgIpc) is 3.01. The molecule has 4 N–H and O–H groups in total. The lowest BCUT2D eigenvalue weighted by Gasteiger charge is -2.04. The van der Waals surface area contributed by atoms with Crippen molar-refractivity contribution in [3.8, 4) is 0 Å².